The molecule has 90 valence electrons. The normalized spacial score (nSPS) is 26.1. The second-order valence-corrected chi connectivity index (χ2v) is 4.80. The van der Waals surface area contributed by atoms with Gasteiger partial charge in [0.05, 0.1) is 0 Å². The Bertz CT molecular complexity index is 334. The second kappa shape index (κ2) is 4.87. The van der Waals surface area contributed by atoms with Gasteiger partial charge in [-0.1, -0.05) is 13.8 Å². The fourth-order valence-corrected chi connectivity index (χ4v) is 2.28. The predicted octanol–water partition coefficient (Wildman–Crippen LogP) is 1.47. The van der Waals surface area contributed by atoms with Crippen molar-refractivity contribution >= 4 is 5.95 Å². The van der Waals surface area contributed by atoms with E-state index in [1.165, 1.54) is 6.42 Å². The molecule has 4 nitrogen and oxygen atoms in total. The van der Waals surface area contributed by atoms with Crippen molar-refractivity contribution in [1.82, 2.24) is 9.55 Å². The Morgan fingerprint density at radius 1 is 1.56 bits per heavy atom. The lowest BCUT2D eigenvalue weighted by Gasteiger charge is -2.35. The lowest BCUT2D eigenvalue weighted by molar-refractivity contribution is 0.374. The fourth-order valence-electron chi connectivity index (χ4n) is 2.28. The van der Waals surface area contributed by atoms with Gasteiger partial charge in [-0.3, -0.25) is 0 Å². The minimum atomic E-state index is 0.278. The monoisotopic (exact) mass is 222 g/mol. The number of nitrogens with two attached hydrogens (primary N) is 1. The van der Waals surface area contributed by atoms with Crippen LogP contribution in [0.4, 0.5) is 5.95 Å². The summed E-state index contributed by atoms with van der Waals surface area (Å²) < 4.78 is 2.22. The van der Waals surface area contributed by atoms with E-state index in [4.69, 9.17) is 5.73 Å². The minimum absolute atomic E-state index is 0.278. The average Bonchev–Trinajstić information content (AvgIpc) is 2.71. The van der Waals surface area contributed by atoms with Gasteiger partial charge in [0, 0.05) is 38.1 Å². The molecule has 0 radical (unpaired) electrons. The molecule has 1 aliphatic rings. The molecule has 2 unspecified atom stereocenters. The van der Waals surface area contributed by atoms with Crippen molar-refractivity contribution in [3.05, 3.63) is 12.4 Å². The van der Waals surface area contributed by atoms with Crippen LogP contribution in [0.1, 0.15) is 26.7 Å². The third kappa shape index (κ3) is 2.21. The third-order valence-corrected chi connectivity index (χ3v) is 3.46. The molecule has 0 spiro atoms. The summed E-state index contributed by atoms with van der Waals surface area (Å²) in [6.07, 6.45) is 6.25. The van der Waals surface area contributed by atoms with E-state index in [0.717, 1.165) is 32.0 Å². The number of hydrogen-bond donors (Lipinski definition) is 1. The summed E-state index contributed by atoms with van der Waals surface area (Å²) >= 11 is 0. The molecule has 2 rings (SSSR count). The molecule has 1 fully saturated rings. The van der Waals surface area contributed by atoms with Crippen molar-refractivity contribution in [3.63, 3.8) is 0 Å². The average molecular weight is 222 g/mol. The first-order chi connectivity index (χ1) is 7.72. The Kier molecular flexibility index (Phi) is 3.49. The van der Waals surface area contributed by atoms with Crippen LogP contribution in [0.5, 0.6) is 0 Å². The third-order valence-electron chi connectivity index (χ3n) is 3.46. The Hall–Kier alpha value is -1.03. The molecule has 0 saturated carbocycles. The number of hydrogen-bond acceptors (Lipinski definition) is 3. The van der Waals surface area contributed by atoms with Crippen LogP contribution in [0.3, 0.4) is 0 Å². The molecule has 16 heavy (non-hydrogen) atoms. The molecular formula is C12H22N4. The number of aromatic nitrogens is 2. The van der Waals surface area contributed by atoms with E-state index in [-0.39, 0.29) is 6.04 Å². The van der Waals surface area contributed by atoms with Gasteiger partial charge in [0.25, 0.3) is 0 Å². The van der Waals surface area contributed by atoms with Gasteiger partial charge in [-0.05, 0) is 18.8 Å². The van der Waals surface area contributed by atoms with Gasteiger partial charge in [0.2, 0.25) is 5.95 Å². The molecule has 1 aromatic rings. The fraction of sp³-hybridized carbons (Fsp3) is 0.750. The molecule has 0 bridgehead atoms. The molecule has 0 amide bonds. The molecule has 0 aromatic carbocycles. The molecule has 1 aliphatic heterocycles. The summed E-state index contributed by atoms with van der Waals surface area (Å²) in [6, 6.07) is 0.278. The largest absolute Gasteiger partial charge is 0.341 e. The maximum Gasteiger partial charge on any atom is 0.205 e. The zero-order chi connectivity index (χ0) is 11.5. The summed E-state index contributed by atoms with van der Waals surface area (Å²) in [4.78, 5) is 6.77. The number of nitrogens with zero attached hydrogens (tertiary/aromatic N) is 3. The van der Waals surface area contributed by atoms with Crippen LogP contribution >= 0.6 is 0 Å². The van der Waals surface area contributed by atoms with E-state index in [0.29, 0.717) is 5.92 Å². The summed E-state index contributed by atoms with van der Waals surface area (Å²) in [5.74, 6) is 1.72. The van der Waals surface area contributed by atoms with Gasteiger partial charge in [0.15, 0.2) is 0 Å². The van der Waals surface area contributed by atoms with Gasteiger partial charge >= 0.3 is 0 Å². The standard InChI is InChI=1S/C12H22N4/c1-3-6-15-8-5-14-12(15)16-7-4-10(2)11(13)9-16/h5,8,10-11H,3-4,6-7,9,13H2,1-2H3. The van der Waals surface area contributed by atoms with Gasteiger partial charge in [-0.2, -0.15) is 0 Å². The first kappa shape index (κ1) is 11.5. The van der Waals surface area contributed by atoms with Crippen LogP contribution in [-0.2, 0) is 6.54 Å². The Morgan fingerprint density at radius 3 is 3.06 bits per heavy atom. The SMILES string of the molecule is CCCn1ccnc1N1CCC(C)C(N)C1. The highest BCUT2D eigenvalue weighted by molar-refractivity contribution is 5.32. The highest BCUT2D eigenvalue weighted by Gasteiger charge is 2.25. The van der Waals surface area contributed by atoms with Crippen molar-refractivity contribution < 1.29 is 0 Å². The molecule has 1 aromatic heterocycles. The zero-order valence-corrected chi connectivity index (χ0v) is 10.3. The Balaban J connectivity index is 2.09. The topological polar surface area (TPSA) is 47.1 Å². The number of rotatable bonds is 3. The molecule has 2 N–H and O–H groups in total. The first-order valence-corrected chi connectivity index (χ1v) is 6.24. The predicted molar refractivity (Wildman–Crippen MR) is 66.5 cm³/mol. The smallest absolute Gasteiger partial charge is 0.205 e. The Labute approximate surface area is 97.4 Å². The van der Waals surface area contributed by atoms with E-state index >= 15 is 0 Å². The minimum Gasteiger partial charge on any atom is -0.341 e. The molecule has 4 heteroatoms. The molecular weight excluding hydrogens is 200 g/mol. The zero-order valence-electron chi connectivity index (χ0n) is 10.3. The van der Waals surface area contributed by atoms with Gasteiger partial charge in [-0.15, -0.1) is 0 Å². The van der Waals surface area contributed by atoms with E-state index < -0.39 is 0 Å². The van der Waals surface area contributed by atoms with Crippen molar-refractivity contribution in [2.24, 2.45) is 11.7 Å². The lowest BCUT2D eigenvalue weighted by atomic mass is 9.94. The number of imidazole rings is 1. The number of piperidine rings is 1. The van der Waals surface area contributed by atoms with Crippen LogP contribution in [-0.4, -0.2) is 28.7 Å². The van der Waals surface area contributed by atoms with E-state index in [1.54, 1.807) is 0 Å². The van der Waals surface area contributed by atoms with Crippen molar-refractivity contribution in [2.45, 2.75) is 39.3 Å². The quantitative estimate of drug-likeness (QED) is 0.842. The van der Waals surface area contributed by atoms with Crippen LogP contribution in [0, 0.1) is 5.92 Å². The van der Waals surface area contributed by atoms with Crippen LogP contribution in [0.25, 0.3) is 0 Å². The van der Waals surface area contributed by atoms with E-state index in [1.807, 2.05) is 6.20 Å². The maximum absolute atomic E-state index is 6.12. The highest BCUT2D eigenvalue weighted by Crippen LogP contribution is 2.21. The lowest BCUT2D eigenvalue weighted by Crippen LogP contribution is -2.48. The molecule has 2 atom stereocenters. The summed E-state index contributed by atoms with van der Waals surface area (Å²) in [5, 5.41) is 0. The van der Waals surface area contributed by atoms with Crippen LogP contribution < -0.4 is 10.6 Å². The number of aryl methyl sites for hydroxylation is 1. The maximum atomic E-state index is 6.12. The molecule has 2 heterocycles. The van der Waals surface area contributed by atoms with Crippen molar-refractivity contribution in [1.29, 1.82) is 0 Å². The van der Waals surface area contributed by atoms with Gasteiger partial charge in [-0.25, -0.2) is 4.98 Å². The van der Waals surface area contributed by atoms with Crippen LogP contribution in [0.15, 0.2) is 12.4 Å². The second-order valence-electron chi connectivity index (χ2n) is 4.80. The van der Waals surface area contributed by atoms with Crippen LogP contribution in [0.2, 0.25) is 0 Å². The van der Waals surface area contributed by atoms with Gasteiger partial charge < -0.3 is 15.2 Å². The summed E-state index contributed by atoms with van der Waals surface area (Å²) in [5.41, 5.74) is 6.12. The summed E-state index contributed by atoms with van der Waals surface area (Å²) in [6.45, 7) is 7.47. The first-order valence-electron chi connectivity index (χ1n) is 6.24. The highest BCUT2D eigenvalue weighted by atomic mass is 15.3. The molecule has 0 aliphatic carbocycles. The number of anilines is 1. The van der Waals surface area contributed by atoms with Crippen molar-refractivity contribution in [3.8, 4) is 0 Å². The molecule has 1 saturated heterocycles. The summed E-state index contributed by atoms with van der Waals surface area (Å²) in [7, 11) is 0. The van der Waals surface area contributed by atoms with Crippen molar-refractivity contribution in [2.75, 3.05) is 18.0 Å². The van der Waals surface area contributed by atoms with E-state index in [9.17, 15) is 0 Å². The Morgan fingerprint density at radius 2 is 2.38 bits per heavy atom. The van der Waals surface area contributed by atoms with Gasteiger partial charge in [0.1, 0.15) is 0 Å². The van der Waals surface area contributed by atoms with E-state index in [2.05, 4.69) is 34.5 Å².